The number of hydrogen-bond donors (Lipinski definition) is 1. The summed E-state index contributed by atoms with van der Waals surface area (Å²) in [6, 6.07) is 31.4. The Morgan fingerprint density at radius 1 is 0.914 bits per heavy atom. The molecule has 1 saturated heterocycles. The van der Waals surface area contributed by atoms with Gasteiger partial charge in [0.1, 0.15) is 5.25 Å². The molecule has 1 N–H and O–H groups in total. The number of aliphatic imine (C=N–C) groups is 1. The molecule has 6 heteroatoms. The highest BCUT2D eigenvalue weighted by atomic mass is 32.2. The van der Waals surface area contributed by atoms with Crippen LogP contribution < -0.4 is 5.32 Å². The third kappa shape index (κ3) is 5.28. The number of aryl methyl sites for hydroxylation is 1. The quantitative estimate of drug-likeness (QED) is 0.353. The average molecular weight is 480 g/mol. The minimum atomic E-state index is -0.530. The van der Waals surface area contributed by atoms with Gasteiger partial charge in [-0.2, -0.15) is 0 Å². The monoisotopic (exact) mass is 479 g/mol. The molecule has 0 aromatic heterocycles. The van der Waals surface area contributed by atoms with Gasteiger partial charge in [-0.25, -0.2) is 4.99 Å². The van der Waals surface area contributed by atoms with E-state index in [1.807, 2.05) is 104 Å². The second-order valence-corrected chi connectivity index (χ2v) is 9.70. The normalized spacial score (nSPS) is 16.7. The third-order valence-electron chi connectivity index (χ3n) is 5.90. The molecular formula is C29H25N3O2S. The van der Waals surface area contributed by atoms with Crippen LogP contribution in [0.3, 0.4) is 0 Å². The van der Waals surface area contributed by atoms with Crippen molar-refractivity contribution in [3.05, 3.63) is 108 Å². The summed E-state index contributed by atoms with van der Waals surface area (Å²) >= 11 is 1.35. The van der Waals surface area contributed by atoms with Crippen LogP contribution in [0.2, 0.25) is 0 Å². The molecule has 1 aliphatic heterocycles. The summed E-state index contributed by atoms with van der Waals surface area (Å²) in [5.74, 6) is -0.291. The van der Waals surface area contributed by atoms with Crippen molar-refractivity contribution in [2.75, 3.05) is 5.32 Å². The van der Waals surface area contributed by atoms with Crippen molar-refractivity contribution < 1.29 is 9.59 Å². The molecule has 1 aliphatic rings. The first kappa shape index (κ1) is 22.9. The van der Waals surface area contributed by atoms with E-state index in [0.717, 1.165) is 33.3 Å². The summed E-state index contributed by atoms with van der Waals surface area (Å²) in [4.78, 5) is 32.9. The first-order chi connectivity index (χ1) is 17.1. The van der Waals surface area contributed by atoms with E-state index in [1.54, 1.807) is 4.90 Å². The molecule has 1 fully saturated rings. The number of benzene rings is 4. The van der Waals surface area contributed by atoms with E-state index in [-0.39, 0.29) is 18.2 Å². The van der Waals surface area contributed by atoms with Crippen molar-refractivity contribution in [1.82, 2.24) is 4.90 Å². The first-order valence-corrected chi connectivity index (χ1v) is 12.4. The number of fused-ring (bicyclic) bond motifs is 1. The van der Waals surface area contributed by atoms with E-state index in [0.29, 0.717) is 11.7 Å². The van der Waals surface area contributed by atoms with Gasteiger partial charge in [-0.3, -0.25) is 14.5 Å². The highest BCUT2D eigenvalue weighted by Gasteiger charge is 2.39. The minimum absolute atomic E-state index is 0.0743. The van der Waals surface area contributed by atoms with Gasteiger partial charge in [0, 0.05) is 17.5 Å². The summed E-state index contributed by atoms with van der Waals surface area (Å²) in [7, 11) is 0. The van der Waals surface area contributed by atoms with E-state index in [1.165, 1.54) is 11.8 Å². The molecule has 174 valence electrons. The summed E-state index contributed by atoms with van der Waals surface area (Å²) in [5, 5.41) is 5.12. The molecule has 5 rings (SSSR count). The lowest BCUT2D eigenvalue weighted by atomic mass is 10.1. The smallest absolute Gasteiger partial charge is 0.242 e. The van der Waals surface area contributed by atoms with Crippen molar-refractivity contribution in [3.63, 3.8) is 0 Å². The molecule has 2 amide bonds. The number of thioether (sulfide) groups is 1. The maximum Gasteiger partial charge on any atom is 0.242 e. The van der Waals surface area contributed by atoms with Gasteiger partial charge in [-0.1, -0.05) is 96.2 Å². The van der Waals surface area contributed by atoms with E-state index in [4.69, 9.17) is 4.99 Å². The van der Waals surface area contributed by atoms with Gasteiger partial charge in [-0.15, -0.1) is 0 Å². The van der Waals surface area contributed by atoms with Crippen LogP contribution in [-0.2, 0) is 16.1 Å². The van der Waals surface area contributed by atoms with E-state index >= 15 is 0 Å². The molecule has 0 saturated carbocycles. The SMILES string of the molecule is Cc1ccc(N=C2SC(CC(=O)Nc3cccc4ccccc34)C(=O)N2Cc2ccccc2)cc1. The highest BCUT2D eigenvalue weighted by Crippen LogP contribution is 2.33. The van der Waals surface area contributed by atoms with Gasteiger partial charge in [0.25, 0.3) is 0 Å². The topological polar surface area (TPSA) is 61.8 Å². The lowest BCUT2D eigenvalue weighted by molar-refractivity contribution is -0.128. The molecule has 0 radical (unpaired) electrons. The Kier molecular flexibility index (Phi) is 6.64. The summed E-state index contributed by atoms with van der Waals surface area (Å²) in [6.45, 7) is 2.44. The molecule has 4 aromatic carbocycles. The molecule has 0 aliphatic carbocycles. The maximum atomic E-state index is 13.4. The molecule has 0 bridgehead atoms. The highest BCUT2D eigenvalue weighted by molar-refractivity contribution is 8.15. The fourth-order valence-corrected chi connectivity index (χ4v) is 5.23. The van der Waals surface area contributed by atoms with Crippen molar-refractivity contribution in [1.29, 1.82) is 0 Å². The number of amidine groups is 1. The zero-order valence-electron chi connectivity index (χ0n) is 19.3. The van der Waals surface area contributed by atoms with Crippen molar-refractivity contribution in [3.8, 4) is 0 Å². The Hall–Kier alpha value is -3.90. The van der Waals surface area contributed by atoms with Crippen LogP contribution in [0.5, 0.6) is 0 Å². The number of nitrogens with zero attached hydrogens (tertiary/aromatic N) is 2. The van der Waals surface area contributed by atoms with Crippen molar-refractivity contribution in [2.45, 2.75) is 25.1 Å². The van der Waals surface area contributed by atoms with Gasteiger partial charge in [0.05, 0.1) is 12.2 Å². The molecule has 1 heterocycles. The minimum Gasteiger partial charge on any atom is -0.325 e. The number of rotatable bonds is 6. The Morgan fingerprint density at radius 3 is 2.43 bits per heavy atom. The number of carbonyl (C=O) groups excluding carboxylic acids is 2. The van der Waals surface area contributed by atoms with E-state index in [2.05, 4.69) is 5.32 Å². The lowest BCUT2D eigenvalue weighted by Crippen LogP contribution is -2.33. The first-order valence-electron chi connectivity index (χ1n) is 11.5. The molecule has 4 aromatic rings. The molecular weight excluding hydrogens is 454 g/mol. The fraction of sp³-hybridized carbons (Fsp3) is 0.138. The van der Waals surface area contributed by atoms with Crippen LogP contribution in [0, 0.1) is 6.92 Å². The standard InChI is InChI=1S/C29H25N3O2S/c1-20-14-16-23(17-15-20)30-29-32(19-21-8-3-2-4-9-21)28(34)26(35-29)18-27(33)31-25-13-7-11-22-10-5-6-12-24(22)25/h2-17,26H,18-19H2,1H3,(H,31,33). The predicted molar refractivity (Wildman–Crippen MR) is 144 cm³/mol. The van der Waals surface area contributed by atoms with Crippen molar-refractivity contribution in [2.24, 2.45) is 4.99 Å². The van der Waals surface area contributed by atoms with E-state index < -0.39 is 5.25 Å². The molecule has 1 atom stereocenters. The van der Waals surface area contributed by atoms with Gasteiger partial charge in [0.2, 0.25) is 11.8 Å². The Balaban J connectivity index is 1.37. The zero-order chi connectivity index (χ0) is 24.2. The number of hydrogen-bond acceptors (Lipinski definition) is 4. The number of carbonyl (C=O) groups is 2. The Morgan fingerprint density at radius 2 is 1.63 bits per heavy atom. The summed E-state index contributed by atoms with van der Waals surface area (Å²) < 4.78 is 0. The fourth-order valence-electron chi connectivity index (χ4n) is 4.07. The van der Waals surface area contributed by atoms with Crippen LogP contribution in [0.15, 0.2) is 102 Å². The van der Waals surface area contributed by atoms with Crippen LogP contribution >= 0.6 is 11.8 Å². The molecule has 5 nitrogen and oxygen atoms in total. The molecule has 1 unspecified atom stereocenters. The maximum absolute atomic E-state index is 13.4. The number of nitrogens with one attached hydrogen (secondary N) is 1. The zero-order valence-corrected chi connectivity index (χ0v) is 20.2. The predicted octanol–water partition coefficient (Wildman–Crippen LogP) is 6.31. The van der Waals surface area contributed by atoms with Crippen LogP contribution in [-0.4, -0.2) is 27.1 Å². The van der Waals surface area contributed by atoms with Gasteiger partial charge in [-0.05, 0) is 36.1 Å². The van der Waals surface area contributed by atoms with Gasteiger partial charge >= 0.3 is 0 Å². The summed E-state index contributed by atoms with van der Waals surface area (Å²) in [6.07, 6.45) is 0.0743. The largest absolute Gasteiger partial charge is 0.325 e. The summed E-state index contributed by atoms with van der Waals surface area (Å²) in [5.41, 5.74) is 3.69. The average Bonchev–Trinajstić information content (AvgIpc) is 3.15. The second-order valence-electron chi connectivity index (χ2n) is 8.53. The van der Waals surface area contributed by atoms with E-state index in [9.17, 15) is 9.59 Å². The number of amides is 2. The second kappa shape index (κ2) is 10.2. The van der Waals surface area contributed by atoms with Gasteiger partial charge in [0.15, 0.2) is 5.17 Å². The Labute approximate surface area is 208 Å². The lowest BCUT2D eigenvalue weighted by Gasteiger charge is -2.16. The molecule has 35 heavy (non-hydrogen) atoms. The third-order valence-corrected chi connectivity index (χ3v) is 7.07. The van der Waals surface area contributed by atoms with Gasteiger partial charge < -0.3 is 5.32 Å². The number of anilines is 1. The Bertz CT molecular complexity index is 1400. The van der Waals surface area contributed by atoms with Crippen LogP contribution in [0.25, 0.3) is 10.8 Å². The van der Waals surface area contributed by atoms with Crippen molar-refractivity contribution >= 4 is 50.9 Å². The molecule has 0 spiro atoms. The van der Waals surface area contributed by atoms with Crippen LogP contribution in [0.1, 0.15) is 17.5 Å². The van der Waals surface area contributed by atoms with Crippen LogP contribution in [0.4, 0.5) is 11.4 Å².